The summed E-state index contributed by atoms with van der Waals surface area (Å²) >= 11 is 0. The molecule has 0 bridgehead atoms. The van der Waals surface area contributed by atoms with Crippen LogP contribution < -0.4 is 4.31 Å². The van der Waals surface area contributed by atoms with Crippen LogP contribution in [-0.4, -0.2) is 18.0 Å². The Bertz CT molecular complexity index is 1520. The first-order valence-corrected chi connectivity index (χ1v) is 13.3. The van der Waals surface area contributed by atoms with Gasteiger partial charge in [0.25, 0.3) is 10.0 Å². The molecule has 0 radical (unpaired) electrons. The van der Waals surface area contributed by atoms with Crippen LogP contribution in [0.4, 0.5) is 10.1 Å². The lowest BCUT2D eigenvalue weighted by Crippen LogP contribution is -2.31. The van der Waals surface area contributed by atoms with Gasteiger partial charge in [-0.05, 0) is 72.9 Å². The number of aryl methyl sites for hydroxylation is 1. The van der Waals surface area contributed by atoms with Gasteiger partial charge in [-0.2, -0.15) is 0 Å². The SMILES string of the molecule is C=CCn1c(C)c(C)c2ccnc(CN(c3ccc(F)cc3)S(=O)(=O)c3ccc(C(C)(C)C)cc3)c21.Cl. The minimum Gasteiger partial charge on any atom is -0.339 e. The van der Waals surface area contributed by atoms with Gasteiger partial charge in [0.05, 0.1) is 28.3 Å². The van der Waals surface area contributed by atoms with Gasteiger partial charge in [0.15, 0.2) is 0 Å². The van der Waals surface area contributed by atoms with Crippen LogP contribution in [-0.2, 0) is 28.5 Å². The monoisotopic (exact) mass is 541 g/mol. The highest BCUT2D eigenvalue weighted by Gasteiger charge is 2.28. The van der Waals surface area contributed by atoms with Crippen molar-refractivity contribution in [2.24, 2.45) is 0 Å². The predicted octanol–water partition coefficient (Wildman–Crippen LogP) is 7.09. The van der Waals surface area contributed by atoms with E-state index in [0.29, 0.717) is 17.9 Å². The zero-order chi connectivity index (χ0) is 26.3. The Morgan fingerprint density at radius 1 is 1.03 bits per heavy atom. The molecule has 0 amide bonds. The minimum absolute atomic E-state index is 0. The molecule has 37 heavy (non-hydrogen) atoms. The molecular formula is C29H33ClFN3O2S. The van der Waals surface area contributed by atoms with Gasteiger partial charge in [0, 0.05) is 23.8 Å². The highest BCUT2D eigenvalue weighted by atomic mass is 35.5. The molecule has 0 N–H and O–H groups in total. The number of hydrogen-bond donors (Lipinski definition) is 0. The summed E-state index contributed by atoms with van der Waals surface area (Å²) in [5.41, 5.74) is 4.98. The topological polar surface area (TPSA) is 55.2 Å². The second-order valence-electron chi connectivity index (χ2n) is 10.0. The second-order valence-corrected chi connectivity index (χ2v) is 11.9. The van der Waals surface area contributed by atoms with E-state index in [1.54, 1.807) is 18.3 Å². The average molecular weight is 542 g/mol. The number of rotatable bonds is 7. The molecule has 0 spiro atoms. The fraction of sp³-hybridized carbons (Fsp3) is 0.276. The molecular weight excluding hydrogens is 509 g/mol. The molecule has 0 fully saturated rings. The van der Waals surface area contributed by atoms with E-state index >= 15 is 0 Å². The largest absolute Gasteiger partial charge is 0.339 e. The lowest BCUT2D eigenvalue weighted by molar-refractivity contribution is 0.584. The van der Waals surface area contributed by atoms with Crippen molar-refractivity contribution in [3.63, 3.8) is 0 Å². The van der Waals surface area contributed by atoms with Crippen molar-refractivity contribution in [1.29, 1.82) is 0 Å². The fourth-order valence-electron chi connectivity index (χ4n) is 4.45. The van der Waals surface area contributed by atoms with Crippen LogP contribution in [0.15, 0.2) is 78.3 Å². The Morgan fingerprint density at radius 3 is 2.22 bits per heavy atom. The summed E-state index contributed by atoms with van der Waals surface area (Å²) in [5, 5.41) is 1.02. The van der Waals surface area contributed by atoms with Crippen LogP contribution in [0, 0.1) is 19.7 Å². The summed E-state index contributed by atoms with van der Waals surface area (Å²) < 4.78 is 45.1. The van der Waals surface area contributed by atoms with Crippen molar-refractivity contribution < 1.29 is 12.8 Å². The molecule has 5 nitrogen and oxygen atoms in total. The molecule has 0 aliphatic heterocycles. The maximum Gasteiger partial charge on any atom is 0.264 e. The van der Waals surface area contributed by atoms with Crippen LogP contribution >= 0.6 is 12.4 Å². The van der Waals surface area contributed by atoms with E-state index in [2.05, 4.69) is 36.9 Å². The Hall–Kier alpha value is -3.16. The molecule has 0 saturated heterocycles. The van der Waals surface area contributed by atoms with Crippen LogP contribution in [0.3, 0.4) is 0 Å². The van der Waals surface area contributed by atoms with Gasteiger partial charge in [0.1, 0.15) is 5.82 Å². The number of hydrogen-bond acceptors (Lipinski definition) is 3. The van der Waals surface area contributed by atoms with Gasteiger partial charge in [0.2, 0.25) is 0 Å². The first-order chi connectivity index (χ1) is 16.9. The summed E-state index contributed by atoms with van der Waals surface area (Å²) in [6, 6.07) is 14.4. The van der Waals surface area contributed by atoms with Crippen molar-refractivity contribution in [1.82, 2.24) is 9.55 Å². The zero-order valence-corrected chi connectivity index (χ0v) is 23.5. The molecule has 4 rings (SSSR count). The Balaban J connectivity index is 0.00000380. The fourth-order valence-corrected chi connectivity index (χ4v) is 5.88. The molecule has 196 valence electrons. The summed E-state index contributed by atoms with van der Waals surface area (Å²) in [4.78, 5) is 4.77. The van der Waals surface area contributed by atoms with Gasteiger partial charge < -0.3 is 4.57 Å². The molecule has 0 saturated carbocycles. The Kier molecular flexibility index (Phi) is 8.20. The highest BCUT2D eigenvalue weighted by Crippen LogP contribution is 2.32. The van der Waals surface area contributed by atoms with Crippen molar-refractivity contribution in [3.05, 3.63) is 102 Å². The maximum atomic E-state index is 14.0. The molecule has 2 aromatic heterocycles. The number of nitrogens with zero attached hydrogens (tertiary/aromatic N) is 3. The van der Waals surface area contributed by atoms with E-state index in [9.17, 15) is 12.8 Å². The lowest BCUT2D eigenvalue weighted by atomic mass is 9.87. The Labute approximate surface area is 225 Å². The van der Waals surface area contributed by atoms with Crippen molar-refractivity contribution >= 4 is 39.0 Å². The van der Waals surface area contributed by atoms with E-state index in [0.717, 1.165) is 27.7 Å². The zero-order valence-electron chi connectivity index (χ0n) is 21.8. The molecule has 4 aromatic rings. The van der Waals surface area contributed by atoms with E-state index in [1.807, 2.05) is 38.1 Å². The van der Waals surface area contributed by atoms with Gasteiger partial charge in [-0.15, -0.1) is 19.0 Å². The maximum absolute atomic E-state index is 14.0. The van der Waals surface area contributed by atoms with Crippen LogP contribution in [0.5, 0.6) is 0 Å². The first-order valence-electron chi connectivity index (χ1n) is 11.9. The number of benzene rings is 2. The van der Waals surface area contributed by atoms with E-state index < -0.39 is 15.8 Å². The number of allylic oxidation sites excluding steroid dienone is 1. The standard InChI is InChI=1S/C29H32FN3O2S.ClH/c1-7-18-32-21(3)20(2)26-16-17-31-27(28(26)32)19-33(24-12-10-23(30)11-13-24)36(34,35)25-14-8-22(9-15-25)29(4,5)6;/h7-17H,1,18-19H2,2-6H3;1H. The Morgan fingerprint density at radius 2 is 1.65 bits per heavy atom. The number of anilines is 1. The van der Waals surface area contributed by atoms with Crippen molar-refractivity contribution in [2.45, 2.75) is 58.0 Å². The van der Waals surface area contributed by atoms with Crippen molar-refractivity contribution in [2.75, 3.05) is 4.31 Å². The first kappa shape index (κ1) is 28.4. The summed E-state index contributed by atoms with van der Waals surface area (Å²) in [6.07, 6.45) is 3.52. The van der Waals surface area contributed by atoms with Gasteiger partial charge in [-0.3, -0.25) is 9.29 Å². The van der Waals surface area contributed by atoms with E-state index in [4.69, 9.17) is 0 Å². The van der Waals surface area contributed by atoms with Gasteiger partial charge >= 0.3 is 0 Å². The summed E-state index contributed by atoms with van der Waals surface area (Å²) in [6.45, 7) is 14.8. The number of sulfonamides is 1. The van der Waals surface area contributed by atoms with Crippen molar-refractivity contribution in [3.8, 4) is 0 Å². The molecule has 0 aliphatic rings. The highest BCUT2D eigenvalue weighted by molar-refractivity contribution is 7.92. The number of pyridine rings is 1. The molecule has 8 heteroatoms. The average Bonchev–Trinajstić information content (AvgIpc) is 3.08. The molecule has 0 aliphatic carbocycles. The number of fused-ring (bicyclic) bond motifs is 1. The molecule has 0 atom stereocenters. The van der Waals surface area contributed by atoms with Crippen LogP contribution in [0.2, 0.25) is 0 Å². The minimum atomic E-state index is -3.98. The second kappa shape index (κ2) is 10.7. The third-order valence-electron chi connectivity index (χ3n) is 6.65. The van der Waals surface area contributed by atoms with Gasteiger partial charge in [-0.25, -0.2) is 12.8 Å². The number of halogens is 2. The molecule has 0 unspecified atom stereocenters. The number of aromatic nitrogens is 2. The molecule has 2 heterocycles. The summed E-state index contributed by atoms with van der Waals surface area (Å²) in [5.74, 6) is -0.433. The summed E-state index contributed by atoms with van der Waals surface area (Å²) in [7, 11) is -3.98. The van der Waals surface area contributed by atoms with E-state index in [-0.39, 0.29) is 29.3 Å². The van der Waals surface area contributed by atoms with Gasteiger partial charge in [-0.1, -0.05) is 39.0 Å². The third-order valence-corrected chi connectivity index (χ3v) is 8.44. The van der Waals surface area contributed by atoms with Crippen LogP contribution in [0.1, 0.15) is 43.3 Å². The normalized spacial score (nSPS) is 11.8. The quantitative estimate of drug-likeness (QED) is 0.235. The third kappa shape index (κ3) is 5.43. The smallest absolute Gasteiger partial charge is 0.264 e. The predicted molar refractivity (Wildman–Crippen MR) is 152 cm³/mol. The van der Waals surface area contributed by atoms with E-state index in [1.165, 1.54) is 28.6 Å². The van der Waals surface area contributed by atoms with Crippen LogP contribution in [0.25, 0.3) is 10.9 Å². The molecule has 2 aromatic carbocycles. The lowest BCUT2D eigenvalue weighted by Gasteiger charge is -2.26.